The molecule has 1 atom stereocenters. The molecule has 0 spiro atoms. The van der Waals surface area contributed by atoms with Crippen LogP contribution in [0.25, 0.3) is 0 Å². The molecular weight excluding hydrogens is 306 g/mol. The molecular formula is C16H24ClNO2S. The minimum atomic E-state index is -3.42. The molecule has 1 aromatic carbocycles. The number of halogens is 1. The number of hydrogen-bond donors (Lipinski definition) is 0. The summed E-state index contributed by atoms with van der Waals surface area (Å²) in [7, 11) is -3.42. The second-order valence-electron chi connectivity index (χ2n) is 5.73. The highest BCUT2D eigenvalue weighted by atomic mass is 35.5. The van der Waals surface area contributed by atoms with E-state index in [0.29, 0.717) is 29.5 Å². The average Bonchev–Trinajstić information content (AvgIpc) is 2.74. The van der Waals surface area contributed by atoms with E-state index in [4.69, 9.17) is 11.6 Å². The largest absolute Gasteiger partial charge is 0.243 e. The fraction of sp³-hybridized carbons (Fsp3) is 0.625. The van der Waals surface area contributed by atoms with Crippen molar-refractivity contribution in [3.8, 4) is 0 Å². The molecule has 0 aliphatic carbocycles. The Kier molecular flexibility index (Phi) is 6.08. The van der Waals surface area contributed by atoms with Crippen LogP contribution in [0.1, 0.15) is 44.6 Å². The van der Waals surface area contributed by atoms with E-state index in [1.54, 1.807) is 22.5 Å². The van der Waals surface area contributed by atoms with Gasteiger partial charge < -0.3 is 0 Å². The van der Waals surface area contributed by atoms with E-state index in [9.17, 15) is 8.42 Å². The van der Waals surface area contributed by atoms with Crippen LogP contribution < -0.4 is 0 Å². The fourth-order valence-corrected chi connectivity index (χ4v) is 5.11. The van der Waals surface area contributed by atoms with Gasteiger partial charge >= 0.3 is 0 Å². The van der Waals surface area contributed by atoms with Crippen LogP contribution >= 0.6 is 11.6 Å². The van der Waals surface area contributed by atoms with Crippen LogP contribution in [-0.4, -0.2) is 25.8 Å². The summed E-state index contributed by atoms with van der Waals surface area (Å²) in [6.07, 6.45) is 5.43. The van der Waals surface area contributed by atoms with E-state index >= 15 is 0 Å². The van der Waals surface area contributed by atoms with Crippen LogP contribution in [0.2, 0.25) is 0 Å². The maximum absolute atomic E-state index is 12.9. The van der Waals surface area contributed by atoms with Crippen molar-refractivity contribution in [3.63, 3.8) is 0 Å². The van der Waals surface area contributed by atoms with Gasteiger partial charge in [-0.1, -0.05) is 38.0 Å². The molecule has 1 aliphatic rings. The third-order valence-electron chi connectivity index (χ3n) is 4.24. The lowest BCUT2D eigenvalue weighted by Crippen LogP contribution is -2.32. The Bertz CT molecular complexity index is 559. The smallest absolute Gasteiger partial charge is 0.207 e. The van der Waals surface area contributed by atoms with E-state index in [2.05, 4.69) is 6.92 Å². The van der Waals surface area contributed by atoms with Crippen molar-refractivity contribution in [2.75, 3.05) is 13.1 Å². The van der Waals surface area contributed by atoms with Gasteiger partial charge in [-0.2, -0.15) is 4.31 Å². The van der Waals surface area contributed by atoms with Gasteiger partial charge in [0.25, 0.3) is 0 Å². The van der Waals surface area contributed by atoms with Gasteiger partial charge in [-0.05, 0) is 36.8 Å². The minimum Gasteiger partial charge on any atom is -0.207 e. The number of nitrogens with zero attached hydrogens (tertiary/aromatic N) is 1. The molecule has 21 heavy (non-hydrogen) atoms. The van der Waals surface area contributed by atoms with Gasteiger partial charge in [-0.3, -0.25) is 0 Å². The van der Waals surface area contributed by atoms with Crippen molar-refractivity contribution >= 4 is 21.6 Å². The summed E-state index contributed by atoms with van der Waals surface area (Å²) in [5.74, 6) is 0.889. The first-order chi connectivity index (χ1) is 10.1. The molecule has 1 aromatic rings. The third-order valence-corrected chi connectivity index (χ3v) is 6.52. The first-order valence-electron chi connectivity index (χ1n) is 7.73. The molecule has 1 unspecified atom stereocenters. The molecule has 118 valence electrons. The fourth-order valence-electron chi connectivity index (χ4n) is 3.08. The SMILES string of the molecule is CCCC1CCCN(S(=O)(=O)c2ccccc2CCl)CC1. The molecule has 0 amide bonds. The maximum atomic E-state index is 12.9. The average molecular weight is 330 g/mol. The van der Waals surface area contributed by atoms with Crippen molar-refractivity contribution in [3.05, 3.63) is 29.8 Å². The zero-order valence-electron chi connectivity index (χ0n) is 12.6. The number of benzene rings is 1. The Morgan fingerprint density at radius 2 is 2.00 bits per heavy atom. The van der Waals surface area contributed by atoms with Crippen molar-refractivity contribution in [1.29, 1.82) is 0 Å². The lowest BCUT2D eigenvalue weighted by molar-refractivity contribution is 0.399. The molecule has 1 saturated heterocycles. The van der Waals surface area contributed by atoms with E-state index in [-0.39, 0.29) is 5.88 Å². The minimum absolute atomic E-state index is 0.224. The number of sulfonamides is 1. The molecule has 2 rings (SSSR count). The zero-order chi connectivity index (χ0) is 15.3. The normalized spacial score (nSPS) is 21.1. The first-order valence-corrected chi connectivity index (χ1v) is 9.71. The van der Waals surface area contributed by atoms with E-state index in [1.807, 2.05) is 6.07 Å². The summed E-state index contributed by atoms with van der Waals surface area (Å²) in [5.41, 5.74) is 0.688. The quantitative estimate of drug-likeness (QED) is 0.765. The molecule has 1 fully saturated rings. The predicted molar refractivity (Wildman–Crippen MR) is 87.0 cm³/mol. The Labute approximate surface area is 133 Å². The van der Waals surface area contributed by atoms with E-state index < -0.39 is 10.0 Å². The molecule has 0 N–H and O–H groups in total. The topological polar surface area (TPSA) is 37.4 Å². The summed E-state index contributed by atoms with van der Waals surface area (Å²) < 4.78 is 27.3. The Hall–Kier alpha value is -0.580. The monoisotopic (exact) mass is 329 g/mol. The molecule has 5 heteroatoms. The molecule has 3 nitrogen and oxygen atoms in total. The summed E-state index contributed by atoms with van der Waals surface area (Å²) >= 11 is 5.89. The van der Waals surface area contributed by atoms with Gasteiger partial charge in [-0.15, -0.1) is 11.6 Å². The molecule has 1 heterocycles. The maximum Gasteiger partial charge on any atom is 0.243 e. The second kappa shape index (κ2) is 7.61. The van der Waals surface area contributed by atoms with Crippen molar-refractivity contribution in [2.45, 2.75) is 49.8 Å². The third kappa shape index (κ3) is 3.99. The van der Waals surface area contributed by atoms with Crippen LogP contribution in [0.3, 0.4) is 0 Å². The zero-order valence-corrected chi connectivity index (χ0v) is 14.2. The van der Waals surface area contributed by atoms with Gasteiger partial charge in [0.1, 0.15) is 0 Å². The molecule has 0 radical (unpaired) electrons. The molecule has 1 aliphatic heterocycles. The molecule has 0 saturated carbocycles. The number of hydrogen-bond acceptors (Lipinski definition) is 2. The van der Waals surface area contributed by atoms with Gasteiger partial charge in [0.2, 0.25) is 10.0 Å². The van der Waals surface area contributed by atoms with E-state index in [1.165, 1.54) is 12.8 Å². The van der Waals surface area contributed by atoms with E-state index in [0.717, 1.165) is 19.3 Å². The molecule has 0 bridgehead atoms. The van der Waals surface area contributed by atoms with Crippen molar-refractivity contribution in [1.82, 2.24) is 4.31 Å². The van der Waals surface area contributed by atoms with Gasteiger partial charge in [-0.25, -0.2) is 8.42 Å². The summed E-state index contributed by atoms with van der Waals surface area (Å²) in [4.78, 5) is 0.369. The summed E-state index contributed by atoms with van der Waals surface area (Å²) in [6, 6.07) is 7.05. The lowest BCUT2D eigenvalue weighted by atomic mass is 9.96. The highest BCUT2D eigenvalue weighted by Gasteiger charge is 2.28. The van der Waals surface area contributed by atoms with Crippen LogP contribution in [0.5, 0.6) is 0 Å². The number of rotatable bonds is 5. The van der Waals surface area contributed by atoms with Crippen LogP contribution in [0.4, 0.5) is 0 Å². The Balaban J connectivity index is 2.19. The molecule has 0 aromatic heterocycles. The lowest BCUT2D eigenvalue weighted by Gasteiger charge is -2.21. The highest BCUT2D eigenvalue weighted by Crippen LogP contribution is 2.27. The highest BCUT2D eigenvalue weighted by molar-refractivity contribution is 7.89. The number of alkyl halides is 1. The van der Waals surface area contributed by atoms with Gasteiger partial charge in [0, 0.05) is 19.0 Å². The standard InChI is InChI=1S/C16H24ClNO2S/c1-2-6-14-7-5-11-18(12-10-14)21(19,20)16-9-4-3-8-15(16)13-17/h3-4,8-9,14H,2,5-7,10-13H2,1H3. The van der Waals surface area contributed by atoms with Gasteiger partial charge in [0.05, 0.1) is 4.90 Å². The second-order valence-corrected chi connectivity index (χ2v) is 7.90. The predicted octanol–water partition coefficient (Wildman–Crippen LogP) is 4.02. The first kappa shape index (κ1) is 16.8. The van der Waals surface area contributed by atoms with Crippen LogP contribution in [-0.2, 0) is 15.9 Å². The van der Waals surface area contributed by atoms with Crippen molar-refractivity contribution < 1.29 is 8.42 Å². The van der Waals surface area contributed by atoms with Crippen LogP contribution in [0.15, 0.2) is 29.2 Å². The van der Waals surface area contributed by atoms with Gasteiger partial charge in [0.15, 0.2) is 0 Å². The summed E-state index contributed by atoms with van der Waals surface area (Å²) in [6.45, 7) is 3.44. The van der Waals surface area contributed by atoms with Crippen molar-refractivity contribution in [2.24, 2.45) is 5.92 Å². The summed E-state index contributed by atoms with van der Waals surface area (Å²) in [5, 5.41) is 0. The van der Waals surface area contributed by atoms with Crippen LogP contribution in [0, 0.1) is 5.92 Å². The Morgan fingerprint density at radius 3 is 2.71 bits per heavy atom. The Morgan fingerprint density at radius 1 is 1.24 bits per heavy atom.